The Morgan fingerprint density at radius 1 is 0.827 bits per heavy atom. The summed E-state index contributed by atoms with van der Waals surface area (Å²) in [6.07, 6.45) is 2.04. The summed E-state index contributed by atoms with van der Waals surface area (Å²) in [5.41, 5.74) is 3.37. The number of aromatic nitrogens is 4. The molecule has 0 N–H and O–H groups in total. The Hall–Kier alpha value is -5.23. The van der Waals surface area contributed by atoms with E-state index in [2.05, 4.69) is 27.7 Å². The number of imidazole rings is 1. The predicted octanol–water partition coefficient (Wildman–Crippen LogP) is 7.00. The first-order chi connectivity index (χ1) is 24.4. The SMILES string of the molecule is CN(C)C(=O)c1ccc(C2CCN(Cc3cc4c(-c5ccc6c(c5)n(C(=O)OC(C)(C)C)c(=O)n6C(=O)OC(C)(C)C)ccnc4n3C)CC2)cc1. The smallest absolute Gasteiger partial charge is 0.423 e. The molecule has 12 heteroatoms. The van der Waals surface area contributed by atoms with Crippen LogP contribution in [0.3, 0.4) is 0 Å². The number of likely N-dealkylation sites (tertiary alicyclic amines) is 1. The third-order valence-electron chi connectivity index (χ3n) is 9.34. The first kappa shape index (κ1) is 36.6. The van der Waals surface area contributed by atoms with Gasteiger partial charge in [0, 0.05) is 50.5 Å². The van der Waals surface area contributed by atoms with Gasteiger partial charge in [-0.2, -0.15) is 9.13 Å². The van der Waals surface area contributed by atoms with E-state index in [4.69, 9.17) is 14.5 Å². The summed E-state index contributed by atoms with van der Waals surface area (Å²) in [7, 11) is 5.54. The predicted molar refractivity (Wildman–Crippen MR) is 201 cm³/mol. The summed E-state index contributed by atoms with van der Waals surface area (Å²) >= 11 is 0. The van der Waals surface area contributed by atoms with Crippen molar-refractivity contribution in [3.8, 4) is 11.1 Å². The molecule has 0 spiro atoms. The van der Waals surface area contributed by atoms with Gasteiger partial charge in [-0.3, -0.25) is 9.69 Å². The number of carbonyl (C=O) groups excluding carboxylic acids is 3. The molecule has 0 aliphatic carbocycles. The van der Waals surface area contributed by atoms with Crippen LogP contribution < -0.4 is 5.69 Å². The van der Waals surface area contributed by atoms with Gasteiger partial charge in [0.15, 0.2) is 0 Å². The monoisotopic (exact) mass is 708 g/mol. The molecule has 0 atom stereocenters. The van der Waals surface area contributed by atoms with Gasteiger partial charge in [-0.25, -0.2) is 19.4 Å². The van der Waals surface area contributed by atoms with E-state index in [1.165, 1.54) is 5.56 Å². The van der Waals surface area contributed by atoms with Crippen molar-refractivity contribution in [2.24, 2.45) is 7.05 Å². The maximum atomic E-state index is 13.7. The third kappa shape index (κ3) is 7.38. The fourth-order valence-electron chi connectivity index (χ4n) is 6.82. The van der Waals surface area contributed by atoms with Gasteiger partial charge in [-0.05, 0) is 126 Å². The molecule has 1 amide bonds. The van der Waals surface area contributed by atoms with E-state index in [0.717, 1.165) is 69.5 Å². The normalized spacial score (nSPS) is 14.6. The van der Waals surface area contributed by atoms with Crippen LogP contribution in [-0.2, 0) is 23.1 Å². The fourth-order valence-corrected chi connectivity index (χ4v) is 6.82. The molecule has 3 aromatic heterocycles. The quantitative estimate of drug-likeness (QED) is 0.191. The summed E-state index contributed by atoms with van der Waals surface area (Å²) in [4.78, 5) is 61.4. The van der Waals surface area contributed by atoms with E-state index >= 15 is 0 Å². The molecule has 0 unspecified atom stereocenters. The van der Waals surface area contributed by atoms with E-state index in [-0.39, 0.29) is 16.9 Å². The molecule has 6 rings (SSSR count). The van der Waals surface area contributed by atoms with Gasteiger partial charge in [-0.1, -0.05) is 18.2 Å². The largest absolute Gasteiger partial charge is 0.443 e. The van der Waals surface area contributed by atoms with Gasteiger partial charge in [0.2, 0.25) is 0 Å². The van der Waals surface area contributed by atoms with Crippen LogP contribution in [0, 0.1) is 0 Å². The van der Waals surface area contributed by atoms with Gasteiger partial charge >= 0.3 is 17.9 Å². The molecule has 12 nitrogen and oxygen atoms in total. The second kappa shape index (κ2) is 13.7. The van der Waals surface area contributed by atoms with Gasteiger partial charge in [-0.15, -0.1) is 0 Å². The Labute approximate surface area is 303 Å². The van der Waals surface area contributed by atoms with Gasteiger partial charge in [0.25, 0.3) is 5.91 Å². The molecule has 274 valence electrons. The van der Waals surface area contributed by atoms with Crippen LogP contribution in [-0.4, -0.2) is 85.0 Å². The van der Waals surface area contributed by atoms with Gasteiger partial charge in [0.05, 0.1) is 11.0 Å². The molecule has 4 heterocycles. The van der Waals surface area contributed by atoms with Crippen molar-refractivity contribution in [2.45, 2.75) is 78.0 Å². The summed E-state index contributed by atoms with van der Waals surface area (Å²) in [6.45, 7) is 12.9. The number of carbonyl (C=O) groups is 3. The number of ether oxygens (including phenoxy) is 2. The molecule has 1 fully saturated rings. The molecular weight excluding hydrogens is 660 g/mol. The maximum Gasteiger partial charge on any atom is 0.423 e. The van der Waals surface area contributed by atoms with Crippen LogP contribution in [0.4, 0.5) is 9.59 Å². The highest BCUT2D eigenvalue weighted by Crippen LogP contribution is 2.34. The second-order valence-electron chi connectivity index (χ2n) is 15.8. The van der Waals surface area contributed by atoms with E-state index in [0.29, 0.717) is 11.5 Å². The van der Waals surface area contributed by atoms with Crippen molar-refractivity contribution in [1.29, 1.82) is 0 Å². The highest BCUT2D eigenvalue weighted by atomic mass is 16.6. The summed E-state index contributed by atoms with van der Waals surface area (Å²) in [6, 6.07) is 17.3. The topological polar surface area (TPSA) is 121 Å². The van der Waals surface area contributed by atoms with Crippen molar-refractivity contribution in [3.05, 3.63) is 88.1 Å². The van der Waals surface area contributed by atoms with E-state index < -0.39 is 29.1 Å². The lowest BCUT2D eigenvalue weighted by Crippen LogP contribution is -2.38. The van der Waals surface area contributed by atoms with Crippen molar-refractivity contribution >= 4 is 40.2 Å². The standard InChI is InChI=1S/C40H48N6O6/c1-39(2,3)51-37(49)45-32-15-14-28(22-33(32)46(36(45)48)38(50)52-40(4,5)6)30-16-19-41-34-31(30)23-29(43(34)9)24-44-20-17-26(18-21-44)25-10-12-27(13-11-25)35(47)42(7)8/h10-16,19,22-23,26H,17-18,20-21,24H2,1-9H3. The van der Waals surface area contributed by atoms with Crippen molar-refractivity contribution < 1.29 is 23.9 Å². The molecule has 1 aliphatic heterocycles. The lowest BCUT2D eigenvalue weighted by molar-refractivity contribution is 0.0517. The number of hydrogen-bond acceptors (Lipinski definition) is 8. The zero-order valence-electron chi connectivity index (χ0n) is 31.5. The molecule has 1 saturated heterocycles. The summed E-state index contributed by atoms with van der Waals surface area (Å²) in [5.74, 6) is 0.451. The van der Waals surface area contributed by atoms with E-state index in [1.807, 2.05) is 31.3 Å². The average molecular weight is 709 g/mol. The molecule has 0 radical (unpaired) electrons. The van der Waals surface area contributed by atoms with Gasteiger partial charge < -0.3 is 18.9 Å². The van der Waals surface area contributed by atoms with Crippen LogP contribution in [0.25, 0.3) is 33.2 Å². The first-order valence-electron chi connectivity index (χ1n) is 17.6. The van der Waals surface area contributed by atoms with Crippen LogP contribution >= 0.6 is 0 Å². The number of pyridine rings is 1. The van der Waals surface area contributed by atoms with Crippen molar-refractivity contribution in [2.75, 3.05) is 27.2 Å². The number of hydrogen-bond donors (Lipinski definition) is 0. The maximum absolute atomic E-state index is 13.7. The lowest BCUT2D eigenvalue weighted by Gasteiger charge is -2.32. The Morgan fingerprint density at radius 2 is 1.42 bits per heavy atom. The number of benzene rings is 2. The minimum atomic E-state index is -0.885. The first-order valence-corrected chi connectivity index (χ1v) is 17.6. The fraction of sp³-hybridized carbons (Fsp3) is 0.425. The Kier molecular flexibility index (Phi) is 9.65. The molecule has 2 aromatic carbocycles. The molecular formula is C40H48N6O6. The number of amides is 1. The van der Waals surface area contributed by atoms with Crippen LogP contribution in [0.5, 0.6) is 0 Å². The number of nitrogens with zero attached hydrogens (tertiary/aromatic N) is 6. The van der Waals surface area contributed by atoms with E-state index in [9.17, 15) is 19.2 Å². The Balaban J connectivity index is 1.29. The zero-order chi connectivity index (χ0) is 37.7. The molecule has 5 aromatic rings. The van der Waals surface area contributed by atoms with Crippen LogP contribution in [0.15, 0.2) is 65.6 Å². The minimum Gasteiger partial charge on any atom is -0.443 e. The third-order valence-corrected chi connectivity index (χ3v) is 9.34. The van der Waals surface area contributed by atoms with Crippen molar-refractivity contribution in [3.63, 3.8) is 0 Å². The second-order valence-corrected chi connectivity index (χ2v) is 15.8. The average Bonchev–Trinajstić information content (AvgIpc) is 3.55. The summed E-state index contributed by atoms with van der Waals surface area (Å²) in [5, 5.41) is 0.930. The van der Waals surface area contributed by atoms with Gasteiger partial charge in [0.1, 0.15) is 16.8 Å². The Bertz CT molecular complexity index is 2220. The number of rotatable bonds is 5. The number of fused-ring (bicyclic) bond motifs is 2. The molecule has 0 bridgehead atoms. The van der Waals surface area contributed by atoms with E-state index in [1.54, 1.807) is 78.9 Å². The minimum absolute atomic E-state index is 0.00728. The van der Waals surface area contributed by atoms with Crippen LogP contribution in [0.1, 0.15) is 81.9 Å². The number of aryl methyl sites for hydroxylation is 1. The van der Waals surface area contributed by atoms with Crippen molar-refractivity contribution in [1.82, 2.24) is 28.5 Å². The zero-order valence-corrected chi connectivity index (χ0v) is 31.5. The summed E-state index contributed by atoms with van der Waals surface area (Å²) < 4.78 is 15.0. The number of piperidine rings is 1. The highest BCUT2D eigenvalue weighted by molar-refractivity contribution is 5.99. The lowest BCUT2D eigenvalue weighted by atomic mass is 9.89. The molecule has 1 aliphatic rings. The van der Waals surface area contributed by atoms with Crippen LogP contribution in [0.2, 0.25) is 0 Å². The molecule has 52 heavy (non-hydrogen) atoms. The highest BCUT2D eigenvalue weighted by Gasteiger charge is 2.30. The molecule has 0 saturated carbocycles. The Morgan fingerprint density at radius 3 is 2.00 bits per heavy atom.